The minimum Gasteiger partial charge on any atom is -0.321 e. The smallest absolute Gasteiger partial charge is 0.247 e. The number of amides is 1. The second-order valence-corrected chi connectivity index (χ2v) is 6.17. The number of hydrogen-bond acceptors (Lipinski definition) is 6. The van der Waals surface area contributed by atoms with Gasteiger partial charge in [0.1, 0.15) is 17.3 Å². The molecule has 0 fully saturated rings. The number of anilines is 3. The molecule has 1 amide bonds. The Morgan fingerprint density at radius 3 is 2.86 bits per heavy atom. The molecule has 4 heterocycles. The highest BCUT2D eigenvalue weighted by atomic mass is 16.1. The molecule has 0 saturated carbocycles. The third-order valence-corrected chi connectivity index (χ3v) is 4.24. The van der Waals surface area contributed by atoms with E-state index in [9.17, 15) is 4.79 Å². The summed E-state index contributed by atoms with van der Waals surface area (Å²) < 4.78 is 3.59. The van der Waals surface area contributed by atoms with Gasteiger partial charge in [0.2, 0.25) is 11.9 Å². The van der Waals surface area contributed by atoms with Crippen LogP contribution < -0.4 is 10.6 Å². The number of rotatable bonds is 5. The molecular formula is C19H18N8O. The van der Waals surface area contributed by atoms with Crippen LogP contribution in [0.2, 0.25) is 0 Å². The van der Waals surface area contributed by atoms with E-state index in [1.165, 1.54) is 6.08 Å². The molecule has 0 saturated heterocycles. The van der Waals surface area contributed by atoms with Gasteiger partial charge in [-0.25, -0.2) is 9.97 Å². The Labute approximate surface area is 160 Å². The SMILES string of the molecule is C=CC(=O)Nc1cnc2c(c1)c(C)cn2-c1ccnc(Nc2ccnn2C)n1. The lowest BCUT2D eigenvalue weighted by molar-refractivity contribution is -0.111. The van der Waals surface area contributed by atoms with E-state index in [-0.39, 0.29) is 5.91 Å². The molecule has 0 bridgehead atoms. The molecular weight excluding hydrogens is 356 g/mol. The minimum atomic E-state index is -0.278. The van der Waals surface area contributed by atoms with Gasteiger partial charge >= 0.3 is 0 Å². The quantitative estimate of drug-likeness (QED) is 0.521. The van der Waals surface area contributed by atoms with E-state index < -0.39 is 0 Å². The van der Waals surface area contributed by atoms with Crippen LogP contribution in [-0.4, -0.2) is 35.2 Å². The van der Waals surface area contributed by atoms with Crippen molar-refractivity contribution in [3.63, 3.8) is 0 Å². The van der Waals surface area contributed by atoms with Gasteiger partial charge in [0.15, 0.2) is 0 Å². The zero-order valence-corrected chi connectivity index (χ0v) is 15.4. The predicted molar refractivity (Wildman–Crippen MR) is 107 cm³/mol. The molecule has 140 valence electrons. The second kappa shape index (κ2) is 6.95. The van der Waals surface area contributed by atoms with Crippen LogP contribution in [0.25, 0.3) is 16.9 Å². The molecule has 9 heteroatoms. The first kappa shape index (κ1) is 17.4. The van der Waals surface area contributed by atoms with Crippen molar-refractivity contribution in [1.82, 2.24) is 29.3 Å². The Hall–Kier alpha value is -4.01. The number of pyridine rings is 1. The lowest BCUT2D eigenvalue weighted by Crippen LogP contribution is -2.07. The lowest BCUT2D eigenvalue weighted by atomic mass is 10.2. The van der Waals surface area contributed by atoms with Crippen LogP contribution in [0, 0.1) is 6.92 Å². The van der Waals surface area contributed by atoms with E-state index in [0.29, 0.717) is 17.5 Å². The molecule has 0 spiro atoms. The Balaban J connectivity index is 1.71. The first-order valence-corrected chi connectivity index (χ1v) is 8.55. The summed E-state index contributed by atoms with van der Waals surface area (Å²) in [5.74, 6) is 1.63. The average molecular weight is 374 g/mol. The second-order valence-electron chi connectivity index (χ2n) is 6.17. The summed E-state index contributed by atoms with van der Waals surface area (Å²) >= 11 is 0. The molecule has 0 aliphatic rings. The van der Waals surface area contributed by atoms with E-state index in [0.717, 1.165) is 22.4 Å². The summed E-state index contributed by atoms with van der Waals surface area (Å²) in [4.78, 5) is 24.9. The average Bonchev–Trinajstić information content (AvgIpc) is 3.25. The van der Waals surface area contributed by atoms with Crippen molar-refractivity contribution in [2.24, 2.45) is 7.05 Å². The fourth-order valence-electron chi connectivity index (χ4n) is 2.86. The van der Waals surface area contributed by atoms with E-state index in [1.807, 2.05) is 42.9 Å². The molecule has 4 aromatic heterocycles. The molecule has 9 nitrogen and oxygen atoms in total. The van der Waals surface area contributed by atoms with Crippen LogP contribution in [-0.2, 0) is 11.8 Å². The number of nitrogens with zero attached hydrogens (tertiary/aromatic N) is 6. The van der Waals surface area contributed by atoms with Crippen molar-refractivity contribution >= 4 is 34.4 Å². The Morgan fingerprint density at radius 2 is 2.11 bits per heavy atom. The Kier molecular flexibility index (Phi) is 4.32. The van der Waals surface area contributed by atoms with Crippen LogP contribution in [0.1, 0.15) is 5.56 Å². The monoisotopic (exact) mass is 374 g/mol. The minimum absolute atomic E-state index is 0.278. The van der Waals surface area contributed by atoms with Crippen molar-refractivity contribution < 1.29 is 4.79 Å². The van der Waals surface area contributed by atoms with Gasteiger partial charge in [-0.15, -0.1) is 0 Å². The highest BCUT2D eigenvalue weighted by Crippen LogP contribution is 2.25. The largest absolute Gasteiger partial charge is 0.321 e. The number of fused-ring (bicyclic) bond motifs is 1. The zero-order chi connectivity index (χ0) is 19.7. The van der Waals surface area contributed by atoms with Crippen LogP contribution in [0.5, 0.6) is 0 Å². The first-order valence-electron chi connectivity index (χ1n) is 8.55. The van der Waals surface area contributed by atoms with E-state index in [4.69, 9.17) is 0 Å². The molecule has 4 aromatic rings. The Morgan fingerprint density at radius 1 is 1.25 bits per heavy atom. The van der Waals surface area contributed by atoms with Gasteiger partial charge in [-0.3, -0.25) is 14.0 Å². The molecule has 0 aromatic carbocycles. The molecule has 0 unspecified atom stereocenters. The molecule has 0 aliphatic carbocycles. The molecule has 2 N–H and O–H groups in total. The number of carbonyl (C=O) groups excluding carboxylic acids is 1. The van der Waals surface area contributed by atoms with Crippen molar-refractivity contribution in [2.45, 2.75) is 6.92 Å². The summed E-state index contributed by atoms with van der Waals surface area (Å²) in [6.07, 6.45) is 8.16. The molecule has 0 aliphatic heterocycles. The van der Waals surface area contributed by atoms with Gasteiger partial charge in [0.25, 0.3) is 0 Å². The highest BCUT2D eigenvalue weighted by molar-refractivity contribution is 6.00. The van der Waals surface area contributed by atoms with E-state index in [2.05, 4.69) is 37.3 Å². The number of nitrogens with one attached hydrogen (secondary N) is 2. The third-order valence-electron chi connectivity index (χ3n) is 4.24. The number of carbonyl (C=O) groups is 1. The van der Waals surface area contributed by atoms with Gasteiger partial charge in [0.05, 0.1) is 18.1 Å². The predicted octanol–water partition coefficient (Wildman–Crippen LogP) is 2.73. The van der Waals surface area contributed by atoms with Crippen LogP contribution in [0.15, 0.2) is 55.6 Å². The summed E-state index contributed by atoms with van der Waals surface area (Å²) in [7, 11) is 1.83. The summed E-state index contributed by atoms with van der Waals surface area (Å²) in [5, 5.41) is 10.9. The van der Waals surface area contributed by atoms with Crippen molar-refractivity contribution in [3.8, 4) is 5.82 Å². The van der Waals surface area contributed by atoms with Gasteiger partial charge in [-0.05, 0) is 30.7 Å². The molecule has 0 radical (unpaired) electrons. The first-order chi connectivity index (χ1) is 13.5. The van der Waals surface area contributed by atoms with Crippen LogP contribution >= 0.6 is 0 Å². The number of aromatic nitrogens is 6. The van der Waals surface area contributed by atoms with Crippen molar-refractivity contribution in [1.29, 1.82) is 0 Å². The van der Waals surface area contributed by atoms with Gasteiger partial charge in [-0.2, -0.15) is 10.1 Å². The lowest BCUT2D eigenvalue weighted by Gasteiger charge is -2.08. The maximum Gasteiger partial charge on any atom is 0.247 e. The highest BCUT2D eigenvalue weighted by Gasteiger charge is 2.12. The standard InChI is InChI=1S/C19H18N8O/c1-4-17(28)23-13-9-14-12(2)11-27(18(14)21-10-13)16-5-7-20-19(25-16)24-15-6-8-22-26(15)3/h4-11H,1H2,2-3H3,(H,23,28)(H,20,24,25). The van der Waals surface area contributed by atoms with Crippen LogP contribution in [0.4, 0.5) is 17.5 Å². The topological polar surface area (TPSA) is 103 Å². The van der Waals surface area contributed by atoms with E-state index >= 15 is 0 Å². The summed E-state index contributed by atoms with van der Waals surface area (Å²) in [6, 6.07) is 5.53. The number of aryl methyl sites for hydroxylation is 2. The van der Waals surface area contributed by atoms with E-state index in [1.54, 1.807) is 23.3 Å². The van der Waals surface area contributed by atoms with Gasteiger partial charge in [0, 0.05) is 30.9 Å². The zero-order valence-electron chi connectivity index (χ0n) is 15.4. The maximum absolute atomic E-state index is 11.5. The van der Waals surface area contributed by atoms with Crippen molar-refractivity contribution in [3.05, 3.63) is 61.2 Å². The van der Waals surface area contributed by atoms with Crippen molar-refractivity contribution in [2.75, 3.05) is 10.6 Å². The number of hydrogen-bond donors (Lipinski definition) is 2. The Bertz CT molecular complexity index is 1190. The molecule has 4 rings (SSSR count). The third kappa shape index (κ3) is 3.20. The summed E-state index contributed by atoms with van der Waals surface area (Å²) in [6.45, 7) is 5.44. The fraction of sp³-hybridized carbons (Fsp3) is 0.105. The van der Waals surface area contributed by atoms with Gasteiger partial charge in [-0.1, -0.05) is 6.58 Å². The van der Waals surface area contributed by atoms with Gasteiger partial charge < -0.3 is 10.6 Å². The fourth-order valence-corrected chi connectivity index (χ4v) is 2.86. The maximum atomic E-state index is 11.5. The normalized spacial score (nSPS) is 10.8. The summed E-state index contributed by atoms with van der Waals surface area (Å²) in [5.41, 5.74) is 2.36. The molecule has 0 atom stereocenters. The molecule has 28 heavy (non-hydrogen) atoms. The van der Waals surface area contributed by atoms with Crippen LogP contribution in [0.3, 0.4) is 0 Å².